The van der Waals surface area contributed by atoms with E-state index in [1.165, 1.54) is 23.4 Å². The van der Waals surface area contributed by atoms with Crippen LogP contribution in [0.5, 0.6) is 11.5 Å². The summed E-state index contributed by atoms with van der Waals surface area (Å²) in [6, 6.07) is 12.1. The molecule has 6 nitrogen and oxygen atoms in total. The van der Waals surface area contributed by atoms with E-state index in [0.29, 0.717) is 22.2 Å². The topological polar surface area (TPSA) is 62.5 Å². The molecule has 0 amide bonds. The Kier molecular flexibility index (Phi) is 5.14. The van der Waals surface area contributed by atoms with E-state index in [2.05, 4.69) is 0 Å². The molecular weight excluding hydrogens is 356 g/mol. The summed E-state index contributed by atoms with van der Waals surface area (Å²) in [7, 11) is 3.04. The first-order valence-electron chi connectivity index (χ1n) is 7.82. The molecular formula is C19H17ClN2O4. The molecule has 0 saturated carbocycles. The number of aromatic nitrogens is 2. The van der Waals surface area contributed by atoms with Gasteiger partial charge in [0.25, 0.3) is 0 Å². The molecule has 0 aliphatic heterocycles. The van der Waals surface area contributed by atoms with Crippen LogP contribution in [0.3, 0.4) is 0 Å². The van der Waals surface area contributed by atoms with Crippen molar-refractivity contribution in [3.05, 3.63) is 86.2 Å². The van der Waals surface area contributed by atoms with Crippen LogP contribution >= 0.6 is 11.6 Å². The van der Waals surface area contributed by atoms with Crippen molar-refractivity contribution in [2.24, 2.45) is 0 Å². The Morgan fingerprint density at radius 1 is 0.885 bits per heavy atom. The quantitative estimate of drug-likeness (QED) is 0.646. The van der Waals surface area contributed by atoms with E-state index in [4.69, 9.17) is 21.1 Å². The van der Waals surface area contributed by atoms with Crippen LogP contribution in [0.25, 0.3) is 5.69 Å². The summed E-state index contributed by atoms with van der Waals surface area (Å²) < 4.78 is 13.1. The van der Waals surface area contributed by atoms with Crippen molar-refractivity contribution in [2.45, 2.75) is 6.54 Å². The van der Waals surface area contributed by atoms with Gasteiger partial charge in [-0.25, -0.2) is 0 Å². The van der Waals surface area contributed by atoms with Gasteiger partial charge in [0.15, 0.2) is 11.5 Å². The van der Waals surface area contributed by atoms with E-state index in [-0.39, 0.29) is 6.54 Å². The van der Waals surface area contributed by atoms with Crippen LogP contribution in [0.2, 0.25) is 5.02 Å². The maximum atomic E-state index is 12.5. The summed E-state index contributed by atoms with van der Waals surface area (Å²) in [6.45, 7) is 0.290. The molecule has 0 radical (unpaired) electrons. The number of benzene rings is 2. The molecule has 0 aliphatic carbocycles. The van der Waals surface area contributed by atoms with Gasteiger partial charge in [-0.15, -0.1) is 0 Å². The molecule has 0 N–H and O–H groups in total. The van der Waals surface area contributed by atoms with Gasteiger partial charge in [-0.05, 0) is 29.8 Å². The summed E-state index contributed by atoms with van der Waals surface area (Å²) in [6.07, 6.45) is 3.13. The highest BCUT2D eigenvalue weighted by Crippen LogP contribution is 2.28. The third kappa shape index (κ3) is 3.50. The average molecular weight is 373 g/mol. The van der Waals surface area contributed by atoms with E-state index in [1.54, 1.807) is 42.7 Å². The summed E-state index contributed by atoms with van der Waals surface area (Å²) in [4.78, 5) is 25.0. The van der Waals surface area contributed by atoms with Crippen molar-refractivity contribution in [3.8, 4) is 17.2 Å². The number of rotatable bonds is 5. The van der Waals surface area contributed by atoms with Crippen LogP contribution in [0.15, 0.2) is 64.4 Å². The van der Waals surface area contributed by atoms with Gasteiger partial charge in [0.2, 0.25) is 0 Å². The molecule has 26 heavy (non-hydrogen) atoms. The fourth-order valence-corrected chi connectivity index (χ4v) is 2.72. The van der Waals surface area contributed by atoms with Gasteiger partial charge in [0, 0.05) is 23.5 Å². The minimum Gasteiger partial charge on any atom is -0.493 e. The predicted octanol–water partition coefficient (Wildman–Crippen LogP) is 2.72. The highest BCUT2D eigenvalue weighted by atomic mass is 35.5. The van der Waals surface area contributed by atoms with Gasteiger partial charge in [-0.1, -0.05) is 23.7 Å². The maximum Gasteiger partial charge on any atom is 0.320 e. The molecule has 7 heteroatoms. The lowest BCUT2D eigenvalue weighted by Crippen LogP contribution is -2.40. The van der Waals surface area contributed by atoms with Gasteiger partial charge in [0.05, 0.1) is 26.5 Å². The lowest BCUT2D eigenvalue weighted by Gasteiger charge is -2.12. The normalized spacial score (nSPS) is 10.6. The Bertz CT molecular complexity index is 1040. The van der Waals surface area contributed by atoms with Crippen LogP contribution in [-0.2, 0) is 6.54 Å². The van der Waals surface area contributed by atoms with E-state index in [9.17, 15) is 9.59 Å². The van der Waals surface area contributed by atoms with E-state index in [0.717, 1.165) is 5.56 Å². The average Bonchev–Trinajstić information content (AvgIpc) is 2.67. The smallest absolute Gasteiger partial charge is 0.320 e. The van der Waals surface area contributed by atoms with Crippen molar-refractivity contribution in [1.29, 1.82) is 0 Å². The third-order valence-corrected chi connectivity index (χ3v) is 4.22. The number of nitrogens with zero attached hydrogens (tertiary/aromatic N) is 2. The monoisotopic (exact) mass is 372 g/mol. The van der Waals surface area contributed by atoms with Crippen molar-refractivity contribution in [2.75, 3.05) is 14.2 Å². The number of methoxy groups -OCH3 is 2. The number of halogens is 1. The molecule has 0 saturated heterocycles. The number of hydrogen-bond acceptors (Lipinski definition) is 4. The van der Waals surface area contributed by atoms with Crippen LogP contribution < -0.4 is 20.6 Å². The number of hydrogen-bond donors (Lipinski definition) is 0. The van der Waals surface area contributed by atoms with E-state index in [1.807, 2.05) is 12.1 Å². The fraction of sp³-hybridized carbons (Fsp3) is 0.158. The van der Waals surface area contributed by atoms with Crippen molar-refractivity contribution in [1.82, 2.24) is 9.13 Å². The first kappa shape index (κ1) is 17.8. The van der Waals surface area contributed by atoms with Gasteiger partial charge in [0.1, 0.15) is 0 Å². The van der Waals surface area contributed by atoms with Gasteiger partial charge >= 0.3 is 11.1 Å². The van der Waals surface area contributed by atoms with Gasteiger partial charge in [-0.3, -0.25) is 14.2 Å². The largest absolute Gasteiger partial charge is 0.493 e. The molecule has 3 aromatic rings. The second-order valence-electron chi connectivity index (χ2n) is 5.57. The SMILES string of the molecule is COc1ccc(-n2ccn(Cc3ccc(Cl)cc3)c(=O)c2=O)cc1OC. The minimum absolute atomic E-state index is 0.290. The Morgan fingerprint density at radius 3 is 2.23 bits per heavy atom. The Labute approximate surface area is 154 Å². The summed E-state index contributed by atoms with van der Waals surface area (Å²) in [5.41, 5.74) is 0.133. The molecule has 1 aromatic heterocycles. The standard InChI is InChI=1S/C19H17ClN2O4/c1-25-16-8-7-15(11-17(16)26-2)22-10-9-21(18(23)19(22)24)12-13-3-5-14(20)6-4-13/h3-11H,12H2,1-2H3. The molecule has 0 atom stereocenters. The second kappa shape index (κ2) is 7.49. The lowest BCUT2D eigenvalue weighted by atomic mass is 10.2. The molecule has 2 aromatic carbocycles. The Balaban J connectivity index is 1.99. The maximum absolute atomic E-state index is 12.5. The van der Waals surface area contributed by atoms with Crippen molar-refractivity contribution in [3.63, 3.8) is 0 Å². The Hall–Kier alpha value is -2.99. The third-order valence-electron chi connectivity index (χ3n) is 3.97. The van der Waals surface area contributed by atoms with Crippen molar-refractivity contribution >= 4 is 11.6 Å². The Morgan fingerprint density at radius 2 is 1.58 bits per heavy atom. The molecule has 0 fully saturated rings. The molecule has 0 spiro atoms. The zero-order chi connectivity index (χ0) is 18.7. The highest BCUT2D eigenvalue weighted by Gasteiger charge is 2.10. The summed E-state index contributed by atoms with van der Waals surface area (Å²) in [5.74, 6) is 1.02. The molecule has 0 unspecified atom stereocenters. The highest BCUT2D eigenvalue weighted by molar-refractivity contribution is 6.30. The first-order valence-corrected chi connectivity index (χ1v) is 8.20. The van der Waals surface area contributed by atoms with Gasteiger partial charge < -0.3 is 14.0 Å². The first-order chi connectivity index (χ1) is 12.5. The summed E-state index contributed by atoms with van der Waals surface area (Å²) in [5, 5.41) is 0.616. The molecule has 0 aliphatic rings. The van der Waals surface area contributed by atoms with Crippen LogP contribution in [0.4, 0.5) is 0 Å². The molecule has 134 valence electrons. The van der Waals surface area contributed by atoms with Gasteiger partial charge in [-0.2, -0.15) is 0 Å². The second-order valence-corrected chi connectivity index (χ2v) is 6.01. The predicted molar refractivity (Wildman–Crippen MR) is 100.0 cm³/mol. The van der Waals surface area contributed by atoms with E-state index >= 15 is 0 Å². The fourth-order valence-electron chi connectivity index (χ4n) is 2.60. The lowest BCUT2D eigenvalue weighted by molar-refractivity contribution is 0.355. The molecule has 0 bridgehead atoms. The zero-order valence-electron chi connectivity index (χ0n) is 14.3. The van der Waals surface area contributed by atoms with Crippen LogP contribution in [-0.4, -0.2) is 23.4 Å². The zero-order valence-corrected chi connectivity index (χ0v) is 15.1. The minimum atomic E-state index is -0.645. The molecule has 3 rings (SSSR count). The van der Waals surface area contributed by atoms with E-state index < -0.39 is 11.1 Å². The van der Waals surface area contributed by atoms with Crippen LogP contribution in [0, 0.1) is 0 Å². The van der Waals surface area contributed by atoms with Crippen molar-refractivity contribution < 1.29 is 9.47 Å². The molecule has 1 heterocycles. The number of ether oxygens (including phenoxy) is 2. The summed E-state index contributed by atoms with van der Waals surface area (Å²) >= 11 is 5.87. The van der Waals surface area contributed by atoms with Crippen LogP contribution in [0.1, 0.15) is 5.56 Å².